The molecule has 1 aromatic heterocycles. The lowest BCUT2D eigenvalue weighted by atomic mass is 10.1. The SMILES string of the molecule is Cc1ccc(-c2nc(N)c3c(n2)CCCCC3)cc1Br. The first-order chi connectivity index (χ1) is 9.65. The van der Waals surface area contributed by atoms with Crippen molar-refractivity contribution in [2.75, 3.05) is 5.73 Å². The van der Waals surface area contributed by atoms with E-state index in [1.807, 2.05) is 0 Å². The Morgan fingerprint density at radius 3 is 2.70 bits per heavy atom. The van der Waals surface area contributed by atoms with Crippen LogP contribution >= 0.6 is 15.9 Å². The summed E-state index contributed by atoms with van der Waals surface area (Å²) >= 11 is 3.56. The maximum atomic E-state index is 6.15. The molecule has 104 valence electrons. The molecule has 20 heavy (non-hydrogen) atoms. The number of nitrogen functional groups attached to an aromatic ring is 1. The van der Waals surface area contributed by atoms with Gasteiger partial charge in [-0.15, -0.1) is 0 Å². The van der Waals surface area contributed by atoms with Gasteiger partial charge >= 0.3 is 0 Å². The summed E-state index contributed by atoms with van der Waals surface area (Å²) in [7, 11) is 0. The number of benzene rings is 1. The molecular weight excluding hydrogens is 314 g/mol. The summed E-state index contributed by atoms with van der Waals surface area (Å²) in [6, 6.07) is 6.19. The molecule has 0 radical (unpaired) electrons. The summed E-state index contributed by atoms with van der Waals surface area (Å²) < 4.78 is 1.08. The minimum Gasteiger partial charge on any atom is -0.383 e. The van der Waals surface area contributed by atoms with Crippen LogP contribution in [0, 0.1) is 6.92 Å². The van der Waals surface area contributed by atoms with Gasteiger partial charge in [-0.25, -0.2) is 9.97 Å². The highest BCUT2D eigenvalue weighted by Crippen LogP contribution is 2.28. The van der Waals surface area contributed by atoms with E-state index in [-0.39, 0.29) is 0 Å². The summed E-state index contributed by atoms with van der Waals surface area (Å²) in [6.07, 6.45) is 5.67. The fourth-order valence-electron chi connectivity index (χ4n) is 2.66. The van der Waals surface area contributed by atoms with Crippen LogP contribution in [0.5, 0.6) is 0 Å². The zero-order valence-corrected chi connectivity index (χ0v) is 13.2. The Balaban J connectivity index is 2.08. The van der Waals surface area contributed by atoms with E-state index in [2.05, 4.69) is 46.0 Å². The molecule has 3 nitrogen and oxygen atoms in total. The van der Waals surface area contributed by atoms with Gasteiger partial charge in [0, 0.05) is 21.3 Å². The van der Waals surface area contributed by atoms with Crippen LogP contribution in [0.25, 0.3) is 11.4 Å². The van der Waals surface area contributed by atoms with Crippen molar-refractivity contribution in [3.63, 3.8) is 0 Å². The van der Waals surface area contributed by atoms with Gasteiger partial charge in [0.2, 0.25) is 0 Å². The average molecular weight is 332 g/mol. The monoisotopic (exact) mass is 331 g/mol. The number of anilines is 1. The van der Waals surface area contributed by atoms with Crippen molar-refractivity contribution in [3.8, 4) is 11.4 Å². The Bertz CT molecular complexity index is 652. The fraction of sp³-hybridized carbons (Fsp3) is 0.375. The molecule has 1 aromatic carbocycles. The van der Waals surface area contributed by atoms with Crippen LogP contribution in [0.4, 0.5) is 5.82 Å². The second kappa shape index (κ2) is 5.52. The van der Waals surface area contributed by atoms with Crippen LogP contribution in [0.2, 0.25) is 0 Å². The van der Waals surface area contributed by atoms with E-state index in [1.165, 1.54) is 24.8 Å². The first-order valence-electron chi connectivity index (χ1n) is 7.07. The molecule has 2 N–H and O–H groups in total. The lowest BCUT2D eigenvalue weighted by Crippen LogP contribution is -2.06. The molecule has 1 aliphatic carbocycles. The Morgan fingerprint density at radius 2 is 1.90 bits per heavy atom. The largest absolute Gasteiger partial charge is 0.383 e. The highest BCUT2D eigenvalue weighted by molar-refractivity contribution is 9.10. The Hall–Kier alpha value is -1.42. The molecule has 0 amide bonds. The third kappa shape index (κ3) is 2.57. The Labute approximate surface area is 127 Å². The highest BCUT2D eigenvalue weighted by Gasteiger charge is 2.16. The first kappa shape index (κ1) is 13.6. The van der Waals surface area contributed by atoms with Gasteiger partial charge in [-0.1, -0.05) is 34.5 Å². The van der Waals surface area contributed by atoms with Crippen molar-refractivity contribution in [2.24, 2.45) is 0 Å². The molecule has 0 aliphatic heterocycles. The maximum absolute atomic E-state index is 6.15. The van der Waals surface area contributed by atoms with Gasteiger partial charge in [-0.3, -0.25) is 0 Å². The summed E-state index contributed by atoms with van der Waals surface area (Å²) in [5.74, 6) is 1.40. The zero-order valence-electron chi connectivity index (χ0n) is 11.6. The molecule has 0 saturated heterocycles. The molecule has 3 rings (SSSR count). The summed E-state index contributed by atoms with van der Waals surface area (Å²) in [6.45, 7) is 2.07. The molecule has 0 bridgehead atoms. The number of hydrogen-bond donors (Lipinski definition) is 1. The maximum Gasteiger partial charge on any atom is 0.161 e. The second-order valence-corrected chi connectivity index (χ2v) is 6.24. The number of nitrogens with zero attached hydrogens (tertiary/aromatic N) is 2. The van der Waals surface area contributed by atoms with E-state index in [1.54, 1.807) is 0 Å². The van der Waals surface area contributed by atoms with Crippen molar-refractivity contribution in [2.45, 2.75) is 39.0 Å². The minimum atomic E-state index is 0.656. The third-order valence-corrected chi connectivity index (χ3v) is 4.75. The van der Waals surface area contributed by atoms with Gasteiger partial charge in [0.25, 0.3) is 0 Å². The molecule has 0 atom stereocenters. The van der Waals surface area contributed by atoms with Crippen LogP contribution in [0.3, 0.4) is 0 Å². The Morgan fingerprint density at radius 1 is 1.10 bits per heavy atom. The lowest BCUT2D eigenvalue weighted by Gasteiger charge is -2.11. The number of hydrogen-bond acceptors (Lipinski definition) is 3. The number of aryl methyl sites for hydroxylation is 2. The van der Waals surface area contributed by atoms with Crippen molar-refractivity contribution in [1.29, 1.82) is 0 Å². The van der Waals surface area contributed by atoms with Crippen molar-refractivity contribution in [3.05, 3.63) is 39.5 Å². The quantitative estimate of drug-likeness (QED) is 0.801. The van der Waals surface area contributed by atoms with Crippen molar-refractivity contribution in [1.82, 2.24) is 9.97 Å². The molecule has 0 fully saturated rings. The lowest BCUT2D eigenvalue weighted by molar-refractivity contribution is 0.709. The standard InChI is InChI=1S/C16H18BrN3/c1-10-7-8-11(9-13(10)17)16-19-14-6-4-2-3-5-12(14)15(18)20-16/h7-9H,2-6H2,1H3,(H2,18,19,20). The fourth-order valence-corrected chi connectivity index (χ4v) is 3.04. The van der Waals surface area contributed by atoms with E-state index in [4.69, 9.17) is 10.7 Å². The van der Waals surface area contributed by atoms with Crippen LogP contribution < -0.4 is 5.73 Å². The van der Waals surface area contributed by atoms with E-state index in [0.717, 1.165) is 40.0 Å². The number of aromatic nitrogens is 2. The zero-order chi connectivity index (χ0) is 14.1. The number of halogens is 1. The normalized spacial score (nSPS) is 14.7. The molecule has 0 unspecified atom stereocenters. The van der Waals surface area contributed by atoms with Crippen molar-refractivity contribution < 1.29 is 0 Å². The third-order valence-electron chi connectivity index (χ3n) is 3.90. The molecular formula is C16H18BrN3. The average Bonchev–Trinajstić information content (AvgIpc) is 2.67. The minimum absolute atomic E-state index is 0.656. The number of rotatable bonds is 1. The predicted molar refractivity (Wildman–Crippen MR) is 85.6 cm³/mol. The smallest absolute Gasteiger partial charge is 0.161 e. The molecule has 0 spiro atoms. The van der Waals surface area contributed by atoms with E-state index in [9.17, 15) is 0 Å². The number of fused-ring (bicyclic) bond motifs is 1. The van der Waals surface area contributed by atoms with Crippen LogP contribution in [-0.2, 0) is 12.8 Å². The second-order valence-electron chi connectivity index (χ2n) is 5.38. The van der Waals surface area contributed by atoms with Crippen LogP contribution in [-0.4, -0.2) is 9.97 Å². The van der Waals surface area contributed by atoms with Crippen LogP contribution in [0.1, 0.15) is 36.1 Å². The molecule has 1 heterocycles. The summed E-state index contributed by atoms with van der Waals surface area (Å²) in [5.41, 5.74) is 10.7. The van der Waals surface area contributed by atoms with Gasteiger partial charge in [-0.05, 0) is 44.2 Å². The van der Waals surface area contributed by atoms with Gasteiger partial charge in [0.1, 0.15) is 5.82 Å². The molecule has 0 saturated carbocycles. The van der Waals surface area contributed by atoms with Gasteiger partial charge in [0.15, 0.2) is 5.82 Å². The predicted octanol–water partition coefficient (Wildman–Crippen LogP) is 4.07. The molecule has 1 aliphatic rings. The van der Waals surface area contributed by atoms with Crippen LogP contribution in [0.15, 0.2) is 22.7 Å². The highest BCUT2D eigenvalue weighted by atomic mass is 79.9. The van der Waals surface area contributed by atoms with E-state index >= 15 is 0 Å². The van der Waals surface area contributed by atoms with Gasteiger partial charge < -0.3 is 5.73 Å². The van der Waals surface area contributed by atoms with Gasteiger partial charge in [0.05, 0.1) is 0 Å². The molecule has 2 aromatic rings. The van der Waals surface area contributed by atoms with E-state index in [0.29, 0.717) is 5.82 Å². The Kier molecular flexibility index (Phi) is 3.74. The number of nitrogens with two attached hydrogens (primary N) is 1. The van der Waals surface area contributed by atoms with Crippen molar-refractivity contribution >= 4 is 21.7 Å². The van der Waals surface area contributed by atoms with E-state index < -0.39 is 0 Å². The van der Waals surface area contributed by atoms with Gasteiger partial charge in [-0.2, -0.15) is 0 Å². The topological polar surface area (TPSA) is 51.8 Å². The first-order valence-corrected chi connectivity index (χ1v) is 7.86. The summed E-state index contributed by atoms with van der Waals surface area (Å²) in [4.78, 5) is 9.28. The molecule has 4 heteroatoms. The summed E-state index contributed by atoms with van der Waals surface area (Å²) in [5, 5.41) is 0.